The molecule has 1 aliphatic rings. The smallest absolute Gasteiger partial charge is 0.141 e. The van der Waals surface area contributed by atoms with Gasteiger partial charge in [0.25, 0.3) is 0 Å². The quantitative estimate of drug-likeness (QED) is 0.889. The average molecular weight is 260 g/mol. The molecular formula is C12H15ClFNS. The molecule has 4 heteroatoms. The molecule has 16 heavy (non-hydrogen) atoms. The maximum Gasteiger partial charge on any atom is 0.141 e. The van der Waals surface area contributed by atoms with Crippen LogP contribution < -0.4 is 5.32 Å². The Morgan fingerprint density at radius 1 is 1.50 bits per heavy atom. The van der Waals surface area contributed by atoms with E-state index in [2.05, 4.69) is 5.32 Å². The average Bonchev–Trinajstić information content (AvgIpc) is 2.76. The summed E-state index contributed by atoms with van der Waals surface area (Å²) in [5.74, 6) is 0.936. The number of benzene rings is 1. The van der Waals surface area contributed by atoms with Crippen molar-refractivity contribution in [2.45, 2.75) is 24.6 Å². The summed E-state index contributed by atoms with van der Waals surface area (Å²) in [7, 11) is 0. The third-order valence-electron chi connectivity index (χ3n) is 2.71. The van der Waals surface area contributed by atoms with Crippen molar-refractivity contribution in [2.24, 2.45) is 0 Å². The predicted octanol–water partition coefficient (Wildman–Crippen LogP) is 3.46. The van der Waals surface area contributed by atoms with Crippen LogP contribution in [0.1, 0.15) is 18.4 Å². The van der Waals surface area contributed by atoms with Gasteiger partial charge in [-0.2, -0.15) is 11.8 Å². The topological polar surface area (TPSA) is 12.0 Å². The fraction of sp³-hybridized carbons (Fsp3) is 0.500. The molecular weight excluding hydrogens is 245 g/mol. The van der Waals surface area contributed by atoms with E-state index in [4.69, 9.17) is 11.6 Å². The number of rotatable bonds is 4. The van der Waals surface area contributed by atoms with Gasteiger partial charge in [0.15, 0.2) is 0 Å². The lowest BCUT2D eigenvalue weighted by Gasteiger charge is -2.10. The number of halogens is 2. The fourth-order valence-corrected chi connectivity index (χ4v) is 3.27. The van der Waals surface area contributed by atoms with Crippen molar-refractivity contribution >= 4 is 23.4 Å². The predicted molar refractivity (Wildman–Crippen MR) is 68.6 cm³/mol. The van der Waals surface area contributed by atoms with Crippen molar-refractivity contribution in [1.82, 2.24) is 5.32 Å². The van der Waals surface area contributed by atoms with E-state index in [9.17, 15) is 4.39 Å². The fourth-order valence-electron chi connectivity index (χ4n) is 1.83. The van der Waals surface area contributed by atoms with Gasteiger partial charge in [0.1, 0.15) is 5.82 Å². The number of thioether (sulfide) groups is 1. The lowest BCUT2D eigenvalue weighted by molar-refractivity contribution is 0.622. The minimum absolute atomic E-state index is 0.203. The zero-order chi connectivity index (χ0) is 11.4. The van der Waals surface area contributed by atoms with Gasteiger partial charge in [-0.25, -0.2) is 4.39 Å². The molecule has 1 nitrogen and oxygen atoms in total. The minimum Gasteiger partial charge on any atom is -0.312 e. The Labute approximate surface area is 105 Å². The molecule has 0 amide bonds. The molecule has 0 aromatic heterocycles. The highest BCUT2D eigenvalue weighted by Gasteiger charge is 2.14. The van der Waals surface area contributed by atoms with Crippen LogP contribution in [0, 0.1) is 5.82 Å². The van der Waals surface area contributed by atoms with Crippen molar-refractivity contribution in [2.75, 3.05) is 12.3 Å². The minimum atomic E-state index is -0.350. The Kier molecular flexibility index (Phi) is 4.50. The summed E-state index contributed by atoms with van der Waals surface area (Å²) >= 11 is 7.75. The molecule has 0 radical (unpaired) electrons. The second-order valence-corrected chi connectivity index (χ2v) is 5.83. The van der Waals surface area contributed by atoms with E-state index in [0.717, 1.165) is 23.9 Å². The zero-order valence-electron chi connectivity index (χ0n) is 9.01. The van der Waals surface area contributed by atoms with E-state index < -0.39 is 0 Å². The lowest BCUT2D eigenvalue weighted by atomic mass is 10.2. The van der Waals surface area contributed by atoms with Gasteiger partial charge in [-0.15, -0.1) is 0 Å². The van der Waals surface area contributed by atoms with Crippen molar-refractivity contribution in [1.29, 1.82) is 0 Å². The molecule has 1 atom stereocenters. The molecule has 88 valence electrons. The first-order chi connectivity index (χ1) is 7.75. The van der Waals surface area contributed by atoms with Crippen LogP contribution in [0.25, 0.3) is 0 Å². The van der Waals surface area contributed by atoms with Crippen molar-refractivity contribution in [3.05, 3.63) is 34.6 Å². The number of hydrogen-bond donors (Lipinski definition) is 1. The molecule has 1 aliphatic heterocycles. The highest BCUT2D eigenvalue weighted by molar-refractivity contribution is 8.00. The van der Waals surface area contributed by atoms with Gasteiger partial charge in [0, 0.05) is 18.3 Å². The van der Waals surface area contributed by atoms with Gasteiger partial charge in [-0.3, -0.25) is 0 Å². The number of nitrogens with one attached hydrogen (secondary N) is 1. The highest BCUT2D eigenvalue weighted by Crippen LogP contribution is 2.25. The maximum absolute atomic E-state index is 12.9. The lowest BCUT2D eigenvalue weighted by Crippen LogP contribution is -2.22. The Bertz CT molecular complexity index is 353. The van der Waals surface area contributed by atoms with Gasteiger partial charge >= 0.3 is 0 Å². The molecule has 1 unspecified atom stereocenters. The summed E-state index contributed by atoms with van der Waals surface area (Å²) in [6.07, 6.45) is 2.64. The van der Waals surface area contributed by atoms with Crippen LogP contribution in [-0.4, -0.2) is 17.5 Å². The Hall–Kier alpha value is -0.250. The molecule has 2 rings (SSSR count). The summed E-state index contributed by atoms with van der Waals surface area (Å²) < 4.78 is 12.9. The van der Waals surface area contributed by atoms with Crippen LogP contribution in [0.5, 0.6) is 0 Å². The molecule has 1 aromatic carbocycles. The van der Waals surface area contributed by atoms with Crippen LogP contribution >= 0.6 is 23.4 Å². The molecule has 1 heterocycles. The van der Waals surface area contributed by atoms with Crippen LogP contribution in [-0.2, 0) is 6.54 Å². The van der Waals surface area contributed by atoms with Gasteiger partial charge < -0.3 is 5.32 Å². The summed E-state index contributed by atoms with van der Waals surface area (Å²) in [6.45, 7) is 1.79. The molecule has 1 fully saturated rings. The first-order valence-corrected chi connectivity index (χ1v) is 6.94. The second-order valence-electron chi connectivity index (χ2n) is 4.01. The summed E-state index contributed by atoms with van der Waals surface area (Å²) in [5, 5.41) is 4.34. The van der Waals surface area contributed by atoms with Crippen LogP contribution in [0.4, 0.5) is 4.39 Å². The van der Waals surface area contributed by atoms with Crippen molar-refractivity contribution < 1.29 is 4.39 Å². The van der Waals surface area contributed by atoms with Gasteiger partial charge in [0.2, 0.25) is 0 Å². The molecule has 1 saturated heterocycles. The number of hydrogen-bond acceptors (Lipinski definition) is 2. The van der Waals surface area contributed by atoms with E-state index in [0.29, 0.717) is 0 Å². The Morgan fingerprint density at radius 2 is 2.38 bits per heavy atom. The first-order valence-electron chi connectivity index (χ1n) is 5.52. The molecule has 0 saturated carbocycles. The van der Waals surface area contributed by atoms with Crippen molar-refractivity contribution in [3.8, 4) is 0 Å². The Balaban J connectivity index is 1.78. The third-order valence-corrected chi connectivity index (χ3v) is 4.40. The third kappa shape index (κ3) is 3.37. The Morgan fingerprint density at radius 3 is 3.06 bits per heavy atom. The monoisotopic (exact) mass is 259 g/mol. The second kappa shape index (κ2) is 5.89. The van der Waals surface area contributed by atoms with E-state index in [-0.39, 0.29) is 10.8 Å². The van der Waals surface area contributed by atoms with Crippen molar-refractivity contribution in [3.63, 3.8) is 0 Å². The van der Waals surface area contributed by atoms with Crippen LogP contribution in [0.2, 0.25) is 5.02 Å². The van der Waals surface area contributed by atoms with Gasteiger partial charge in [-0.1, -0.05) is 17.7 Å². The van der Waals surface area contributed by atoms with Gasteiger partial charge in [0.05, 0.1) is 5.02 Å². The molecule has 1 aromatic rings. The molecule has 0 bridgehead atoms. The normalized spacial score (nSPS) is 20.2. The molecule has 0 aliphatic carbocycles. The largest absolute Gasteiger partial charge is 0.312 e. The summed E-state index contributed by atoms with van der Waals surface area (Å²) in [4.78, 5) is 0. The van der Waals surface area contributed by atoms with E-state index >= 15 is 0 Å². The molecule has 0 spiro atoms. The van der Waals surface area contributed by atoms with Crippen LogP contribution in [0.15, 0.2) is 18.2 Å². The van der Waals surface area contributed by atoms with E-state index in [1.54, 1.807) is 12.1 Å². The van der Waals surface area contributed by atoms with Gasteiger partial charge in [-0.05, 0) is 36.3 Å². The van der Waals surface area contributed by atoms with Crippen LogP contribution in [0.3, 0.4) is 0 Å². The van der Waals surface area contributed by atoms with E-state index in [1.165, 1.54) is 24.7 Å². The first kappa shape index (κ1) is 12.2. The zero-order valence-corrected chi connectivity index (χ0v) is 10.6. The van der Waals surface area contributed by atoms with E-state index in [1.807, 2.05) is 11.8 Å². The molecule has 1 N–H and O–H groups in total. The summed E-state index contributed by atoms with van der Waals surface area (Å²) in [5.41, 5.74) is 1.04. The standard InChI is InChI=1S/C12H15ClFNS/c13-11-6-9(3-4-12(11)14)7-15-8-10-2-1-5-16-10/h3-4,6,10,15H,1-2,5,7-8H2. The highest BCUT2D eigenvalue weighted by atomic mass is 35.5. The maximum atomic E-state index is 12.9. The summed E-state index contributed by atoms with van der Waals surface area (Å²) in [6, 6.07) is 4.88. The SMILES string of the molecule is Fc1ccc(CNCC2CCCS2)cc1Cl.